The van der Waals surface area contributed by atoms with Crippen molar-refractivity contribution in [3.05, 3.63) is 35.4 Å². The Morgan fingerprint density at radius 1 is 0.917 bits per heavy atom. The second-order valence-electron chi connectivity index (χ2n) is 8.56. The first-order valence-electron chi connectivity index (χ1n) is 9.98. The molecule has 1 aromatic rings. The Morgan fingerprint density at radius 2 is 1.46 bits per heavy atom. The van der Waals surface area contributed by atoms with Crippen LogP contribution in [0.15, 0.2) is 24.3 Å². The van der Waals surface area contributed by atoms with Gasteiger partial charge in [0.25, 0.3) is 0 Å². The van der Waals surface area contributed by atoms with E-state index >= 15 is 0 Å². The summed E-state index contributed by atoms with van der Waals surface area (Å²) in [7, 11) is 2.12. The number of benzene rings is 1. The van der Waals surface area contributed by atoms with Crippen LogP contribution < -0.4 is 5.32 Å². The van der Waals surface area contributed by atoms with E-state index < -0.39 is 0 Å². The molecule has 0 aromatic heterocycles. The summed E-state index contributed by atoms with van der Waals surface area (Å²) in [4.78, 5) is 2.69. The summed E-state index contributed by atoms with van der Waals surface area (Å²) in [6.07, 6.45) is 9.56. The molecule has 24 heavy (non-hydrogen) atoms. The van der Waals surface area contributed by atoms with Crippen molar-refractivity contribution in [2.24, 2.45) is 0 Å². The number of hydrogen-bond donors (Lipinski definition) is 1. The molecule has 1 unspecified atom stereocenters. The van der Waals surface area contributed by atoms with Gasteiger partial charge in [0, 0.05) is 12.6 Å². The van der Waals surface area contributed by atoms with E-state index in [2.05, 4.69) is 62.3 Å². The number of hydrogen-bond acceptors (Lipinski definition) is 2. The fourth-order valence-electron chi connectivity index (χ4n) is 3.67. The normalized spacial score (nSPS) is 19.3. The second-order valence-corrected chi connectivity index (χ2v) is 8.56. The molecule has 2 heteroatoms. The Balaban J connectivity index is 1.90. The molecule has 0 spiro atoms. The Morgan fingerprint density at radius 3 is 1.96 bits per heavy atom. The minimum atomic E-state index is 0.240. The molecule has 0 bridgehead atoms. The predicted octanol–water partition coefficient (Wildman–Crippen LogP) is 4.77. The summed E-state index contributed by atoms with van der Waals surface area (Å²) in [5.74, 6) is 0. The van der Waals surface area contributed by atoms with E-state index in [0.717, 1.165) is 6.42 Å². The highest BCUT2D eigenvalue weighted by Crippen LogP contribution is 2.22. The first-order valence-corrected chi connectivity index (χ1v) is 9.98. The quantitative estimate of drug-likeness (QED) is 0.836. The number of nitrogens with zero attached hydrogens (tertiary/aromatic N) is 1. The van der Waals surface area contributed by atoms with Gasteiger partial charge in [-0.1, -0.05) is 70.7 Å². The molecule has 1 aromatic carbocycles. The highest BCUT2D eigenvalue weighted by atomic mass is 15.1. The van der Waals surface area contributed by atoms with Crippen molar-refractivity contribution >= 4 is 0 Å². The van der Waals surface area contributed by atoms with Gasteiger partial charge in [-0.3, -0.25) is 0 Å². The van der Waals surface area contributed by atoms with Gasteiger partial charge in [0.15, 0.2) is 0 Å². The second kappa shape index (κ2) is 9.58. The van der Waals surface area contributed by atoms with Crippen molar-refractivity contribution in [2.75, 3.05) is 26.7 Å². The van der Waals surface area contributed by atoms with Crippen LogP contribution in [0.25, 0.3) is 0 Å². The third-order valence-corrected chi connectivity index (χ3v) is 5.39. The van der Waals surface area contributed by atoms with Crippen molar-refractivity contribution in [3.63, 3.8) is 0 Å². The molecular weight excluding hydrogens is 292 g/mol. The lowest BCUT2D eigenvalue weighted by atomic mass is 9.86. The summed E-state index contributed by atoms with van der Waals surface area (Å²) in [5, 5.41) is 3.55. The first-order chi connectivity index (χ1) is 11.5. The van der Waals surface area contributed by atoms with Crippen molar-refractivity contribution < 1.29 is 0 Å². The molecule has 1 fully saturated rings. The molecule has 1 heterocycles. The molecule has 0 amide bonds. The lowest BCUT2D eigenvalue weighted by molar-refractivity contribution is 0.240. The maximum absolute atomic E-state index is 3.55. The molecule has 1 N–H and O–H groups in total. The van der Waals surface area contributed by atoms with Crippen LogP contribution in [-0.2, 0) is 11.8 Å². The minimum Gasteiger partial charge on any atom is -0.315 e. The summed E-state index contributed by atoms with van der Waals surface area (Å²) >= 11 is 0. The van der Waals surface area contributed by atoms with Crippen LogP contribution in [0.5, 0.6) is 0 Å². The SMILES string of the molecule is CNC(Cc1ccc(C(C)(C)C)cc1)CN1CCCCCCCC1. The van der Waals surface area contributed by atoms with Gasteiger partial charge >= 0.3 is 0 Å². The maximum Gasteiger partial charge on any atom is 0.0232 e. The van der Waals surface area contributed by atoms with Crippen LogP contribution in [0.4, 0.5) is 0 Å². The van der Waals surface area contributed by atoms with Crippen molar-refractivity contribution in [3.8, 4) is 0 Å². The van der Waals surface area contributed by atoms with Gasteiger partial charge in [-0.15, -0.1) is 0 Å². The highest BCUT2D eigenvalue weighted by molar-refractivity contribution is 5.28. The van der Waals surface area contributed by atoms with E-state index in [1.54, 1.807) is 0 Å². The molecule has 1 aliphatic heterocycles. The van der Waals surface area contributed by atoms with Crippen LogP contribution in [0, 0.1) is 0 Å². The van der Waals surface area contributed by atoms with E-state index in [4.69, 9.17) is 0 Å². The van der Waals surface area contributed by atoms with E-state index in [0.29, 0.717) is 6.04 Å². The van der Waals surface area contributed by atoms with E-state index in [1.165, 1.54) is 69.3 Å². The zero-order valence-corrected chi connectivity index (χ0v) is 16.4. The molecule has 1 aliphatic rings. The van der Waals surface area contributed by atoms with Crippen molar-refractivity contribution in [2.45, 2.75) is 77.2 Å². The lowest BCUT2D eigenvalue weighted by Gasteiger charge is -2.27. The molecule has 2 rings (SSSR count). The highest BCUT2D eigenvalue weighted by Gasteiger charge is 2.16. The molecule has 1 saturated heterocycles. The van der Waals surface area contributed by atoms with Gasteiger partial charge in [0.2, 0.25) is 0 Å². The molecule has 1 atom stereocenters. The molecule has 0 aliphatic carbocycles. The average Bonchev–Trinajstić information content (AvgIpc) is 2.68. The third-order valence-electron chi connectivity index (χ3n) is 5.39. The molecule has 2 nitrogen and oxygen atoms in total. The first kappa shape index (κ1) is 19.5. The zero-order chi connectivity index (χ0) is 17.4. The van der Waals surface area contributed by atoms with Gasteiger partial charge in [-0.25, -0.2) is 0 Å². The minimum absolute atomic E-state index is 0.240. The van der Waals surface area contributed by atoms with E-state index in [1.807, 2.05) is 0 Å². The number of rotatable bonds is 5. The van der Waals surface area contributed by atoms with Crippen molar-refractivity contribution in [1.29, 1.82) is 0 Å². The standard InChI is InChI=1S/C22H38N2/c1-22(2,3)20-13-11-19(12-14-20)17-21(23-4)18-24-15-9-7-5-6-8-10-16-24/h11-14,21,23H,5-10,15-18H2,1-4H3. The van der Waals surface area contributed by atoms with Crippen LogP contribution in [0.2, 0.25) is 0 Å². The van der Waals surface area contributed by atoms with Gasteiger partial charge in [0.05, 0.1) is 0 Å². The summed E-state index contributed by atoms with van der Waals surface area (Å²) in [5.41, 5.74) is 3.11. The van der Waals surface area contributed by atoms with Gasteiger partial charge < -0.3 is 10.2 Å². The van der Waals surface area contributed by atoms with Crippen molar-refractivity contribution in [1.82, 2.24) is 10.2 Å². The van der Waals surface area contributed by atoms with E-state index in [9.17, 15) is 0 Å². The van der Waals surface area contributed by atoms with Crippen LogP contribution in [0.1, 0.15) is 70.4 Å². The Labute approximate surface area is 150 Å². The fourth-order valence-corrected chi connectivity index (χ4v) is 3.67. The smallest absolute Gasteiger partial charge is 0.0232 e. The molecule has 0 saturated carbocycles. The summed E-state index contributed by atoms with van der Waals surface area (Å²) in [6.45, 7) is 10.6. The largest absolute Gasteiger partial charge is 0.315 e. The number of likely N-dealkylation sites (N-methyl/N-ethyl adjacent to an activating group) is 1. The monoisotopic (exact) mass is 330 g/mol. The average molecular weight is 331 g/mol. The summed E-state index contributed by atoms with van der Waals surface area (Å²) < 4.78 is 0. The molecule has 136 valence electrons. The van der Waals surface area contributed by atoms with E-state index in [-0.39, 0.29) is 5.41 Å². The van der Waals surface area contributed by atoms with Gasteiger partial charge in [-0.2, -0.15) is 0 Å². The Bertz CT molecular complexity index is 448. The molecular formula is C22H38N2. The fraction of sp³-hybridized carbons (Fsp3) is 0.727. The predicted molar refractivity (Wildman–Crippen MR) is 106 cm³/mol. The van der Waals surface area contributed by atoms with Gasteiger partial charge in [-0.05, 0) is 55.9 Å². The van der Waals surface area contributed by atoms with Crippen LogP contribution in [-0.4, -0.2) is 37.6 Å². The zero-order valence-electron chi connectivity index (χ0n) is 16.4. The Hall–Kier alpha value is -0.860. The lowest BCUT2D eigenvalue weighted by Crippen LogP contribution is -2.41. The topological polar surface area (TPSA) is 15.3 Å². The van der Waals surface area contributed by atoms with Gasteiger partial charge in [0.1, 0.15) is 0 Å². The Kier molecular flexibility index (Phi) is 7.77. The van der Waals surface area contributed by atoms with Crippen LogP contribution >= 0.6 is 0 Å². The van der Waals surface area contributed by atoms with Crippen LogP contribution in [0.3, 0.4) is 0 Å². The summed E-state index contributed by atoms with van der Waals surface area (Å²) in [6, 6.07) is 9.81. The third kappa shape index (κ3) is 6.57. The molecule has 0 radical (unpaired) electrons. The maximum atomic E-state index is 3.55. The number of nitrogens with one attached hydrogen (secondary N) is 1.